The summed E-state index contributed by atoms with van der Waals surface area (Å²) in [5.74, 6) is 0.781. The summed E-state index contributed by atoms with van der Waals surface area (Å²) in [6.45, 7) is 3.51. The van der Waals surface area contributed by atoms with Crippen molar-refractivity contribution in [2.24, 2.45) is 0 Å². The summed E-state index contributed by atoms with van der Waals surface area (Å²) in [6, 6.07) is 7.80. The largest absolute Gasteiger partial charge is 0.492 e. The third kappa shape index (κ3) is 4.14. The van der Waals surface area contributed by atoms with Crippen molar-refractivity contribution in [3.05, 3.63) is 29.8 Å². The van der Waals surface area contributed by atoms with Gasteiger partial charge in [0.05, 0.1) is 0 Å². The molecule has 0 amide bonds. The minimum absolute atomic E-state index is 0.231. The second-order valence-electron chi connectivity index (χ2n) is 5.72. The zero-order valence-electron chi connectivity index (χ0n) is 12.7. The Kier molecular flexibility index (Phi) is 5.34. The number of aryl methyl sites for hydroxylation is 1. The van der Waals surface area contributed by atoms with Gasteiger partial charge in [0.2, 0.25) is 0 Å². The second-order valence-corrected chi connectivity index (χ2v) is 5.72. The van der Waals surface area contributed by atoms with Crippen molar-refractivity contribution in [3.8, 4) is 5.75 Å². The molecule has 0 unspecified atom stereocenters. The molecule has 124 valence electrons. The first-order valence-corrected chi connectivity index (χ1v) is 7.57. The van der Waals surface area contributed by atoms with Crippen LogP contribution in [0.15, 0.2) is 24.3 Å². The molecule has 1 aliphatic rings. The maximum atomic E-state index is 12.7. The number of ether oxygens (including phenoxy) is 1. The van der Waals surface area contributed by atoms with E-state index in [1.807, 2.05) is 29.2 Å². The number of nitrogens with zero attached hydrogens (tertiary/aromatic N) is 1. The third-order valence-corrected chi connectivity index (χ3v) is 4.19. The van der Waals surface area contributed by atoms with Crippen molar-refractivity contribution in [1.29, 1.82) is 0 Å². The van der Waals surface area contributed by atoms with Crippen LogP contribution >= 0.6 is 0 Å². The number of likely N-dealkylation sites (tertiary alicyclic amines) is 1. The Balaban J connectivity index is 1.75. The van der Waals surface area contributed by atoms with Crippen LogP contribution in [0.1, 0.15) is 25.3 Å². The number of benzene rings is 1. The van der Waals surface area contributed by atoms with Gasteiger partial charge in [0.25, 0.3) is 0 Å². The van der Waals surface area contributed by atoms with Gasteiger partial charge in [-0.2, -0.15) is 13.2 Å². The summed E-state index contributed by atoms with van der Waals surface area (Å²) >= 11 is 0. The topological polar surface area (TPSA) is 32.7 Å². The van der Waals surface area contributed by atoms with E-state index in [1.165, 1.54) is 5.56 Å². The number of rotatable bonds is 5. The minimum Gasteiger partial charge on any atom is -0.492 e. The molecule has 0 aliphatic carbocycles. The Morgan fingerprint density at radius 1 is 1.27 bits per heavy atom. The van der Waals surface area contributed by atoms with Crippen molar-refractivity contribution in [2.45, 2.75) is 38.0 Å². The van der Waals surface area contributed by atoms with Crippen LogP contribution < -0.4 is 4.74 Å². The average Bonchev–Trinajstić information content (AvgIpc) is 2.48. The Bertz CT molecular complexity index is 483. The summed E-state index contributed by atoms with van der Waals surface area (Å²) in [4.78, 5) is 1.89. The van der Waals surface area contributed by atoms with E-state index in [4.69, 9.17) is 4.74 Å². The Morgan fingerprint density at radius 2 is 1.95 bits per heavy atom. The van der Waals surface area contributed by atoms with Crippen LogP contribution in [0.2, 0.25) is 0 Å². The summed E-state index contributed by atoms with van der Waals surface area (Å²) in [7, 11) is 0. The Labute approximate surface area is 128 Å². The zero-order chi connectivity index (χ0) is 16.2. The maximum Gasteiger partial charge on any atom is 0.417 e. The molecule has 1 aliphatic heterocycles. The number of piperidine rings is 1. The van der Waals surface area contributed by atoms with E-state index in [0.717, 1.165) is 12.2 Å². The van der Waals surface area contributed by atoms with E-state index >= 15 is 0 Å². The van der Waals surface area contributed by atoms with Crippen LogP contribution in [0.4, 0.5) is 13.2 Å². The van der Waals surface area contributed by atoms with Crippen molar-refractivity contribution in [2.75, 3.05) is 26.2 Å². The van der Waals surface area contributed by atoms with E-state index in [1.54, 1.807) is 0 Å². The molecular weight excluding hydrogens is 295 g/mol. The van der Waals surface area contributed by atoms with Gasteiger partial charge in [-0.3, -0.25) is 4.90 Å². The van der Waals surface area contributed by atoms with E-state index in [0.29, 0.717) is 13.2 Å². The van der Waals surface area contributed by atoms with Gasteiger partial charge in [0.1, 0.15) is 12.4 Å². The van der Waals surface area contributed by atoms with Crippen LogP contribution in [-0.2, 0) is 6.42 Å². The summed E-state index contributed by atoms with van der Waals surface area (Å²) in [5.41, 5.74) is -1.34. The molecule has 0 aromatic heterocycles. The van der Waals surface area contributed by atoms with Gasteiger partial charge in [0.15, 0.2) is 5.60 Å². The highest BCUT2D eigenvalue weighted by atomic mass is 19.4. The molecule has 0 radical (unpaired) electrons. The van der Waals surface area contributed by atoms with Crippen LogP contribution in [0, 0.1) is 0 Å². The van der Waals surface area contributed by atoms with Crippen LogP contribution in [0.5, 0.6) is 5.75 Å². The van der Waals surface area contributed by atoms with E-state index < -0.39 is 11.8 Å². The molecule has 0 spiro atoms. The molecule has 1 fully saturated rings. The van der Waals surface area contributed by atoms with Crippen molar-refractivity contribution in [1.82, 2.24) is 4.90 Å². The SMILES string of the molecule is CCc1cccc(OCCN2CCC(O)(C(F)(F)F)CC2)c1. The van der Waals surface area contributed by atoms with Gasteiger partial charge in [0, 0.05) is 19.6 Å². The fourth-order valence-corrected chi connectivity index (χ4v) is 2.58. The molecule has 1 N–H and O–H groups in total. The minimum atomic E-state index is -4.55. The number of aliphatic hydroxyl groups is 1. The third-order valence-electron chi connectivity index (χ3n) is 4.19. The normalized spacial score (nSPS) is 19.1. The first-order chi connectivity index (χ1) is 10.3. The molecule has 1 saturated heterocycles. The number of hydrogen-bond acceptors (Lipinski definition) is 3. The Hall–Kier alpha value is -1.27. The predicted octanol–water partition coefficient (Wildman–Crippen LogP) is 3.02. The molecule has 3 nitrogen and oxygen atoms in total. The first kappa shape index (κ1) is 17.1. The lowest BCUT2D eigenvalue weighted by atomic mass is 9.91. The quantitative estimate of drug-likeness (QED) is 0.906. The molecule has 1 aromatic rings. The Morgan fingerprint density at radius 3 is 2.55 bits per heavy atom. The fourth-order valence-electron chi connectivity index (χ4n) is 2.58. The lowest BCUT2D eigenvalue weighted by Gasteiger charge is -2.39. The number of alkyl halides is 3. The first-order valence-electron chi connectivity index (χ1n) is 7.57. The van der Waals surface area contributed by atoms with Crippen molar-refractivity contribution >= 4 is 0 Å². The summed E-state index contributed by atoms with van der Waals surface area (Å²) < 4.78 is 43.8. The highest BCUT2D eigenvalue weighted by Crippen LogP contribution is 2.38. The lowest BCUT2D eigenvalue weighted by Crippen LogP contribution is -2.53. The van der Waals surface area contributed by atoms with Gasteiger partial charge in [-0.05, 0) is 37.0 Å². The number of hydrogen-bond donors (Lipinski definition) is 1. The van der Waals surface area contributed by atoms with E-state index in [-0.39, 0.29) is 25.9 Å². The standard InChI is InChI=1S/C16H22F3NO2/c1-2-13-4-3-5-14(12-13)22-11-10-20-8-6-15(21,7-9-20)16(17,18)19/h3-5,12,21H,2,6-11H2,1H3. The summed E-state index contributed by atoms with van der Waals surface area (Å²) in [5, 5.41) is 9.60. The molecule has 1 aromatic carbocycles. The predicted molar refractivity (Wildman–Crippen MR) is 78.0 cm³/mol. The maximum absolute atomic E-state index is 12.7. The van der Waals surface area contributed by atoms with Crippen molar-refractivity contribution < 1.29 is 23.0 Å². The van der Waals surface area contributed by atoms with Crippen LogP contribution in [-0.4, -0.2) is 48.0 Å². The highest BCUT2D eigenvalue weighted by molar-refractivity contribution is 5.28. The molecule has 6 heteroatoms. The molecule has 0 saturated carbocycles. The zero-order valence-corrected chi connectivity index (χ0v) is 12.7. The average molecular weight is 317 g/mol. The summed E-state index contributed by atoms with van der Waals surface area (Å²) in [6.07, 6.45) is -4.17. The van der Waals surface area contributed by atoms with Crippen molar-refractivity contribution in [3.63, 3.8) is 0 Å². The molecule has 0 bridgehead atoms. The molecular formula is C16H22F3NO2. The smallest absolute Gasteiger partial charge is 0.417 e. The fraction of sp³-hybridized carbons (Fsp3) is 0.625. The molecule has 22 heavy (non-hydrogen) atoms. The van der Waals surface area contributed by atoms with Crippen LogP contribution in [0.3, 0.4) is 0 Å². The van der Waals surface area contributed by atoms with Crippen LogP contribution in [0.25, 0.3) is 0 Å². The van der Waals surface area contributed by atoms with Gasteiger partial charge < -0.3 is 9.84 Å². The van der Waals surface area contributed by atoms with Gasteiger partial charge in [-0.25, -0.2) is 0 Å². The van der Waals surface area contributed by atoms with E-state index in [9.17, 15) is 18.3 Å². The lowest BCUT2D eigenvalue weighted by molar-refractivity contribution is -0.272. The second kappa shape index (κ2) is 6.87. The van der Waals surface area contributed by atoms with Gasteiger partial charge in [-0.1, -0.05) is 19.1 Å². The molecule has 2 rings (SSSR count). The number of halogens is 3. The monoisotopic (exact) mass is 317 g/mol. The highest BCUT2D eigenvalue weighted by Gasteiger charge is 2.54. The molecule has 1 heterocycles. The molecule has 0 atom stereocenters. The van der Waals surface area contributed by atoms with Gasteiger partial charge in [-0.15, -0.1) is 0 Å². The van der Waals surface area contributed by atoms with Gasteiger partial charge >= 0.3 is 6.18 Å². The van der Waals surface area contributed by atoms with E-state index in [2.05, 4.69) is 6.92 Å².